The molecule has 4 heteroatoms. The van der Waals surface area contributed by atoms with E-state index in [0.717, 1.165) is 12.5 Å². The monoisotopic (exact) mass is 274 g/mol. The standard InChI is InChI=1S/C15H30O4/c1-4-14-12-15(14,5-2)13-19-11-10-18-9-8-17-7-6-16-3/h14H,4-13H2,1-3H3. The Balaban J connectivity index is 1.84. The Hall–Kier alpha value is -0.160. The minimum Gasteiger partial charge on any atom is -0.382 e. The predicted molar refractivity (Wildman–Crippen MR) is 75.5 cm³/mol. The predicted octanol–water partition coefficient (Wildman–Crippen LogP) is 2.51. The maximum Gasteiger partial charge on any atom is 0.0701 e. The van der Waals surface area contributed by atoms with E-state index >= 15 is 0 Å². The molecule has 0 saturated heterocycles. The zero-order valence-electron chi connectivity index (χ0n) is 12.8. The van der Waals surface area contributed by atoms with Crippen LogP contribution in [-0.2, 0) is 18.9 Å². The smallest absolute Gasteiger partial charge is 0.0701 e. The molecule has 1 aliphatic rings. The van der Waals surface area contributed by atoms with Crippen molar-refractivity contribution >= 4 is 0 Å². The number of hydrogen-bond acceptors (Lipinski definition) is 4. The lowest BCUT2D eigenvalue weighted by molar-refractivity contribution is -0.00485. The fourth-order valence-electron chi connectivity index (χ4n) is 2.58. The number of hydrogen-bond donors (Lipinski definition) is 0. The van der Waals surface area contributed by atoms with Gasteiger partial charge in [-0.2, -0.15) is 0 Å². The normalized spacial score (nSPS) is 25.7. The van der Waals surface area contributed by atoms with Gasteiger partial charge in [0.05, 0.1) is 46.2 Å². The molecule has 1 fully saturated rings. The van der Waals surface area contributed by atoms with Gasteiger partial charge in [0.15, 0.2) is 0 Å². The van der Waals surface area contributed by atoms with Crippen molar-refractivity contribution in [2.45, 2.75) is 33.1 Å². The molecule has 2 unspecified atom stereocenters. The topological polar surface area (TPSA) is 36.9 Å². The SMILES string of the molecule is CCC1CC1(CC)COCCOCCOCCOC. The molecule has 19 heavy (non-hydrogen) atoms. The average molecular weight is 274 g/mol. The summed E-state index contributed by atoms with van der Waals surface area (Å²) in [6.07, 6.45) is 3.86. The summed E-state index contributed by atoms with van der Waals surface area (Å²) in [6.45, 7) is 9.32. The van der Waals surface area contributed by atoms with Crippen LogP contribution in [0.15, 0.2) is 0 Å². The van der Waals surface area contributed by atoms with Crippen LogP contribution in [0.5, 0.6) is 0 Å². The summed E-state index contributed by atoms with van der Waals surface area (Å²) in [6, 6.07) is 0. The van der Waals surface area contributed by atoms with Crippen molar-refractivity contribution < 1.29 is 18.9 Å². The molecule has 0 aromatic heterocycles. The van der Waals surface area contributed by atoms with Crippen molar-refractivity contribution in [3.8, 4) is 0 Å². The molecule has 1 aliphatic carbocycles. The first-order valence-corrected chi connectivity index (χ1v) is 7.51. The lowest BCUT2D eigenvalue weighted by Crippen LogP contribution is -2.16. The van der Waals surface area contributed by atoms with Crippen LogP contribution in [0, 0.1) is 11.3 Å². The number of rotatable bonds is 13. The number of methoxy groups -OCH3 is 1. The second kappa shape index (κ2) is 9.70. The van der Waals surface area contributed by atoms with Gasteiger partial charge >= 0.3 is 0 Å². The van der Waals surface area contributed by atoms with E-state index < -0.39 is 0 Å². The third-order valence-electron chi connectivity index (χ3n) is 4.12. The summed E-state index contributed by atoms with van der Waals surface area (Å²) >= 11 is 0. The summed E-state index contributed by atoms with van der Waals surface area (Å²) in [7, 11) is 1.67. The molecule has 0 aromatic carbocycles. The van der Waals surface area contributed by atoms with Crippen LogP contribution in [0.1, 0.15) is 33.1 Å². The first-order valence-electron chi connectivity index (χ1n) is 7.51. The van der Waals surface area contributed by atoms with Gasteiger partial charge in [-0.3, -0.25) is 0 Å². The van der Waals surface area contributed by atoms with Gasteiger partial charge in [-0.15, -0.1) is 0 Å². The van der Waals surface area contributed by atoms with E-state index in [9.17, 15) is 0 Å². The Kier molecular flexibility index (Phi) is 8.62. The van der Waals surface area contributed by atoms with Crippen molar-refractivity contribution in [3.05, 3.63) is 0 Å². The van der Waals surface area contributed by atoms with Crippen LogP contribution in [0.25, 0.3) is 0 Å². The van der Waals surface area contributed by atoms with E-state index in [1.54, 1.807) is 7.11 Å². The molecule has 4 nitrogen and oxygen atoms in total. The van der Waals surface area contributed by atoms with Crippen molar-refractivity contribution in [1.82, 2.24) is 0 Å². The zero-order chi connectivity index (χ0) is 14.0. The first kappa shape index (κ1) is 16.9. The van der Waals surface area contributed by atoms with Crippen LogP contribution in [0.3, 0.4) is 0 Å². The zero-order valence-corrected chi connectivity index (χ0v) is 12.8. The van der Waals surface area contributed by atoms with Gasteiger partial charge in [-0.05, 0) is 24.2 Å². The fourth-order valence-corrected chi connectivity index (χ4v) is 2.58. The molecule has 0 radical (unpaired) electrons. The average Bonchev–Trinajstić information content (AvgIpc) is 3.15. The van der Waals surface area contributed by atoms with Gasteiger partial charge in [0.25, 0.3) is 0 Å². The molecule has 0 aromatic rings. The summed E-state index contributed by atoms with van der Waals surface area (Å²) in [5.41, 5.74) is 0.484. The Morgan fingerprint density at radius 3 is 1.95 bits per heavy atom. The van der Waals surface area contributed by atoms with Crippen molar-refractivity contribution in [2.24, 2.45) is 11.3 Å². The van der Waals surface area contributed by atoms with Gasteiger partial charge in [0.1, 0.15) is 0 Å². The van der Waals surface area contributed by atoms with Crippen LogP contribution in [0.2, 0.25) is 0 Å². The fraction of sp³-hybridized carbons (Fsp3) is 1.00. The molecule has 0 N–H and O–H groups in total. The van der Waals surface area contributed by atoms with Crippen LogP contribution in [0.4, 0.5) is 0 Å². The second-order valence-corrected chi connectivity index (χ2v) is 5.30. The molecular weight excluding hydrogens is 244 g/mol. The Morgan fingerprint density at radius 2 is 1.47 bits per heavy atom. The molecule has 1 saturated carbocycles. The van der Waals surface area contributed by atoms with Gasteiger partial charge in [-0.1, -0.05) is 20.3 Å². The first-order chi connectivity index (χ1) is 9.29. The van der Waals surface area contributed by atoms with E-state index in [0.29, 0.717) is 45.1 Å². The van der Waals surface area contributed by atoms with Gasteiger partial charge in [0.2, 0.25) is 0 Å². The number of ether oxygens (including phenoxy) is 4. The molecule has 1 rings (SSSR count). The maximum atomic E-state index is 5.74. The minimum absolute atomic E-state index is 0.484. The third-order valence-corrected chi connectivity index (χ3v) is 4.12. The van der Waals surface area contributed by atoms with E-state index in [1.807, 2.05) is 0 Å². The third kappa shape index (κ3) is 6.21. The highest BCUT2D eigenvalue weighted by molar-refractivity contribution is 5.00. The van der Waals surface area contributed by atoms with Gasteiger partial charge in [-0.25, -0.2) is 0 Å². The summed E-state index contributed by atoms with van der Waals surface area (Å²) in [5, 5.41) is 0. The second-order valence-electron chi connectivity index (χ2n) is 5.30. The largest absolute Gasteiger partial charge is 0.382 e. The highest BCUT2D eigenvalue weighted by atomic mass is 16.6. The van der Waals surface area contributed by atoms with E-state index in [2.05, 4.69) is 13.8 Å². The van der Waals surface area contributed by atoms with Crippen molar-refractivity contribution in [1.29, 1.82) is 0 Å². The Bertz CT molecular complexity index is 222. The highest BCUT2D eigenvalue weighted by Gasteiger charge is 2.51. The molecule has 0 bridgehead atoms. The summed E-state index contributed by atoms with van der Waals surface area (Å²) in [4.78, 5) is 0. The van der Waals surface area contributed by atoms with Gasteiger partial charge in [0, 0.05) is 7.11 Å². The molecule has 2 atom stereocenters. The molecule has 0 spiro atoms. The maximum absolute atomic E-state index is 5.74. The lowest BCUT2D eigenvalue weighted by Gasteiger charge is -2.15. The van der Waals surface area contributed by atoms with Crippen molar-refractivity contribution in [2.75, 3.05) is 53.4 Å². The molecule has 0 amide bonds. The molecule has 0 heterocycles. The quantitative estimate of drug-likeness (QED) is 0.484. The summed E-state index contributed by atoms with van der Waals surface area (Å²) in [5.74, 6) is 0.882. The lowest BCUT2D eigenvalue weighted by atomic mass is 10.0. The van der Waals surface area contributed by atoms with E-state index in [4.69, 9.17) is 18.9 Å². The van der Waals surface area contributed by atoms with Gasteiger partial charge < -0.3 is 18.9 Å². The molecule has 0 aliphatic heterocycles. The van der Waals surface area contributed by atoms with Crippen LogP contribution < -0.4 is 0 Å². The Morgan fingerprint density at radius 1 is 0.895 bits per heavy atom. The van der Waals surface area contributed by atoms with Crippen molar-refractivity contribution in [3.63, 3.8) is 0 Å². The van der Waals surface area contributed by atoms with Crippen LogP contribution >= 0.6 is 0 Å². The van der Waals surface area contributed by atoms with Crippen LogP contribution in [-0.4, -0.2) is 53.4 Å². The minimum atomic E-state index is 0.484. The highest BCUT2D eigenvalue weighted by Crippen LogP contribution is 2.56. The van der Waals surface area contributed by atoms with E-state index in [1.165, 1.54) is 19.3 Å². The molecular formula is C15H30O4. The Labute approximate surface area is 117 Å². The summed E-state index contributed by atoms with van der Waals surface area (Å²) < 4.78 is 21.4. The molecule has 114 valence electrons. The van der Waals surface area contributed by atoms with E-state index in [-0.39, 0.29) is 0 Å².